The first kappa shape index (κ1) is 31.1. The normalized spacial score (nSPS) is 31.4. The van der Waals surface area contributed by atoms with Gasteiger partial charge in [0.25, 0.3) is 0 Å². The van der Waals surface area contributed by atoms with Crippen molar-refractivity contribution in [3.8, 4) is 0 Å². The Morgan fingerprint density at radius 2 is 1.76 bits per heavy atom. The third kappa shape index (κ3) is 6.72. The van der Waals surface area contributed by atoms with Gasteiger partial charge in [0.15, 0.2) is 0 Å². The number of carboxylic acids is 1. The van der Waals surface area contributed by atoms with E-state index in [0.717, 1.165) is 56.9 Å². The van der Waals surface area contributed by atoms with Crippen LogP contribution in [0, 0.1) is 11.8 Å². The van der Waals surface area contributed by atoms with E-state index in [2.05, 4.69) is 16.7 Å². The lowest BCUT2D eigenvalue weighted by atomic mass is 10.0. The first-order chi connectivity index (χ1) is 21.7. The molecule has 6 rings (SSSR count). The van der Waals surface area contributed by atoms with Crippen molar-refractivity contribution >= 4 is 29.8 Å². The number of fused-ring (bicyclic) bond motifs is 3. The molecule has 2 aliphatic carbocycles. The van der Waals surface area contributed by atoms with Crippen LogP contribution in [0.4, 0.5) is 4.79 Å². The highest BCUT2D eigenvalue weighted by atomic mass is 16.6. The van der Waals surface area contributed by atoms with Crippen LogP contribution in [-0.4, -0.2) is 81.5 Å². The molecule has 0 radical (unpaired) electrons. The second-order valence-corrected chi connectivity index (χ2v) is 13.4. The Labute approximate surface area is 263 Å². The molecule has 0 bridgehead atoms. The Kier molecular flexibility index (Phi) is 9.14. The molecule has 0 aromatic heterocycles. The standard InChI is InChI=1S/C34H44N4O7/c39-29(23-11-7-8-12-23)35-27-15-5-3-1-2-4-14-25-19-34(25,32(42)43)36-30(40)28-18-26(21-38(28)31(27)41)45-33(44)37-17-16-22-10-6-9-13-24(22)20-37/h4,6,9-10,13-14,23,25-28H,1-3,5,7-8,11-12,15-21H2,(H,35,39)(H,36,40)(H,42,43)/b14-4-/t25-,26+,27-,28-,34+/m0/s1. The molecular formula is C34H44N4O7. The molecule has 3 N–H and O–H groups in total. The van der Waals surface area contributed by atoms with Gasteiger partial charge in [-0.05, 0) is 56.1 Å². The van der Waals surface area contributed by atoms with Crippen molar-refractivity contribution in [1.82, 2.24) is 20.4 Å². The van der Waals surface area contributed by atoms with Crippen LogP contribution in [0.25, 0.3) is 0 Å². The summed E-state index contributed by atoms with van der Waals surface area (Å²) in [5.74, 6) is -2.67. The van der Waals surface area contributed by atoms with Crippen molar-refractivity contribution in [2.45, 2.75) is 107 Å². The van der Waals surface area contributed by atoms with Crippen molar-refractivity contribution < 1.29 is 33.8 Å². The van der Waals surface area contributed by atoms with Gasteiger partial charge in [0.05, 0.1) is 6.54 Å². The fraction of sp³-hybridized carbons (Fsp3) is 0.618. The average Bonchev–Trinajstić information content (AvgIpc) is 3.35. The molecule has 3 fully saturated rings. The Morgan fingerprint density at radius 1 is 1.00 bits per heavy atom. The minimum Gasteiger partial charge on any atom is -0.479 e. The number of hydrogen-bond donors (Lipinski definition) is 3. The first-order valence-electron chi connectivity index (χ1n) is 16.6. The van der Waals surface area contributed by atoms with E-state index in [-0.39, 0.29) is 37.1 Å². The number of amides is 4. The van der Waals surface area contributed by atoms with Crippen LogP contribution < -0.4 is 10.6 Å². The van der Waals surface area contributed by atoms with E-state index in [1.54, 1.807) is 4.90 Å². The molecular weight excluding hydrogens is 576 g/mol. The van der Waals surface area contributed by atoms with Gasteiger partial charge in [-0.3, -0.25) is 14.4 Å². The van der Waals surface area contributed by atoms with Crippen molar-refractivity contribution in [2.24, 2.45) is 11.8 Å². The number of nitrogens with zero attached hydrogens (tertiary/aromatic N) is 2. The van der Waals surface area contributed by atoms with Crippen LogP contribution in [0.5, 0.6) is 0 Å². The molecule has 3 heterocycles. The number of allylic oxidation sites excluding steroid dienone is 1. The zero-order valence-corrected chi connectivity index (χ0v) is 25.7. The monoisotopic (exact) mass is 620 g/mol. The van der Waals surface area contributed by atoms with Crippen LogP contribution in [0.1, 0.15) is 81.8 Å². The molecule has 0 spiro atoms. The predicted octanol–water partition coefficient (Wildman–Crippen LogP) is 3.31. The molecule has 5 atom stereocenters. The van der Waals surface area contributed by atoms with E-state index in [1.807, 2.05) is 30.4 Å². The predicted molar refractivity (Wildman–Crippen MR) is 164 cm³/mol. The number of aliphatic carboxylic acids is 1. The van der Waals surface area contributed by atoms with Crippen LogP contribution in [0.2, 0.25) is 0 Å². The lowest BCUT2D eigenvalue weighted by molar-refractivity contribution is -0.146. The van der Waals surface area contributed by atoms with Crippen LogP contribution >= 0.6 is 0 Å². The molecule has 11 nitrogen and oxygen atoms in total. The summed E-state index contributed by atoms with van der Waals surface area (Å²) >= 11 is 0. The van der Waals surface area contributed by atoms with Crippen LogP contribution in [0.3, 0.4) is 0 Å². The Balaban J connectivity index is 1.22. The third-order valence-electron chi connectivity index (χ3n) is 10.3. The average molecular weight is 621 g/mol. The van der Waals surface area contributed by atoms with E-state index in [9.17, 15) is 29.1 Å². The van der Waals surface area contributed by atoms with Gasteiger partial charge >= 0.3 is 12.1 Å². The number of rotatable bonds is 4. The van der Waals surface area contributed by atoms with Crippen LogP contribution in [0.15, 0.2) is 36.4 Å². The van der Waals surface area contributed by atoms with Gasteiger partial charge in [0.1, 0.15) is 23.7 Å². The molecule has 1 aromatic rings. The summed E-state index contributed by atoms with van der Waals surface area (Å²) < 4.78 is 5.91. The summed E-state index contributed by atoms with van der Waals surface area (Å²) in [5.41, 5.74) is 0.832. The Morgan fingerprint density at radius 3 is 2.53 bits per heavy atom. The van der Waals surface area contributed by atoms with Gasteiger partial charge < -0.3 is 30.3 Å². The van der Waals surface area contributed by atoms with Crippen molar-refractivity contribution in [3.63, 3.8) is 0 Å². The highest BCUT2D eigenvalue weighted by Gasteiger charge is 2.61. The number of nitrogens with one attached hydrogen (secondary N) is 2. The zero-order chi connectivity index (χ0) is 31.6. The number of carbonyl (C=O) groups is 5. The number of carboxylic acid groups (broad SMARTS) is 1. The molecule has 2 saturated carbocycles. The number of benzene rings is 1. The maximum Gasteiger partial charge on any atom is 0.410 e. The number of carbonyl (C=O) groups excluding carboxylic acids is 4. The summed E-state index contributed by atoms with van der Waals surface area (Å²) in [6.07, 6.45) is 10.8. The summed E-state index contributed by atoms with van der Waals surface area (Å²) in [7, 11) is 0. The molecule has 11 heteroatoms. The SMILES string of the molecule is O=C(N[C@H]1CCCCC/C=C\[C@H]2C[C@@]2(C(=O)O)NC(=O)[C@@H]2C[C@@H](OC(=O)N3CCc4ccccc4C3)CN2C1=O)C1CCCC1. The van der Waals surface area contributed by atoms with Gasteiger partial charge in [-0.2, -0.15) is 0 Å². The molecule has 5 aliphatic rings. The van der Waals surface area contributed by atoms with Gasteiger partial charge in [-0.25, -0.2) is 9.59 Å². The highest BCUT2D eigenvalue weighted by molar-refractivity contribution is 5.96. The molecule has 4 amide bonds. The zero-order valence-electron chi connectivity index (χ0n) is 25.7. The van der Waals surface area contributed by atoms with Crippen molar-refractivity contribution in [2.75, 3.05) is 13.1 Å². The van der Waals surface area contributed by atoms with E-state index in [1.165, 1.54) is 10.5 Å². The fourth-order valence-electron chi connectivity index (χ4n) is 7.49. The molecule has 1 saturated heterocycles. The molecule has 0 unspecified atom stereocenters. The minimum atomic E-state index is -1.42. The van der Waals surface area contributed by atoms with E-state index >= 15 is 0 Å². The highest BCUT2D eigenvalue weighted by Crippen LogP contribution is 2.45. The topological polar surface area (TPSA) is 145 Å². The van der Waals surface area contributed by atoms with E-state index < -0.39 is 47.6 Å². The van der Waals surface area contributed by atoms with Crippen molar-refractivity contribution in [3.05, 3.63) is 47.5 Å². The third-order valence-corrected chi connectivity index (χ3v) is 10.3. The second-order valence-electron chi connectivity index (χ2n) is 13.4. The van der Waals surface area contributed by atoms with Gasteiger partial charge in [0.2, 0.25) is 17.7 Å². The first-order valence-corrected chi connectivity index (χ1v) is 16.6. The maximum absolute atomic E-state index is 14.2. The summed E-state index contributed by atoms with van der Waals surface area (Å²) in [6, 6.07) is 6.11. The largest absolute Gasteiger partial charge is 0.479 e. The molecule has 3 aliphatic heterocycles. The van der Waals surface area contributed by atoms with E-state index in [0.29, 0.717) is 25.9 Å². The van der Waals surface area contributed by atoms with E-state index in [4.69, 9.17) is 4.74 Å². The van der Waals surface area contributed by atoms with Gasteiger partial charge in [-0.15, -0.1) is 0 Å². The number of hydrogen-bond acceptors (Lipinski definition) is 6. The smallest absolute Gasteiger partial charge is 0.410 e. The molecule has 242 valence electrons. The van der Waals surface area contributed by atoms with Gasteiger partial charge in [-0.1, -0.05) is 62.1 Å². The lowest BCUT2D eigenvalue weighted by Gasteiger charge is -2.30. The van der Waals surface area contributed by atoms with Crippen molar-refractivity contribution in [1.29, 1.82) is 0 Å². The lowest BCUT2D eigenvalue weighted by Crippen LogP contribution is -2.56. The van der Waals surface area contributed by atoms with Crippen LogP contribution in [-0.2, 0) is 36.9 Å². The molecule has 1 aromatic carbocycles. The van der Waals surface area contributed by atoms with Gasteiger partial charge in [0, 0.05) is 31.3 Å². The summed E-state index contributed by atoms with van der Waals surface area (Å²) in [4.78, 5) is 69.8. The molecule has 45 heavy (non-hydrogen) atoms. The minimum absolute atomic E-state index is 0.00765. The maximum atomic E-state index is 14.2. The second kappa shape index (κ2) is 13.2. The Hall–Kier alpha value is -3.89. The summed E-state index contributed by atoms with van der Waals surface area (Å²) in [6.45, 7) is 0.909. The quantitative estimate of drug-likeness (QED) is 0.438. The summed E-state index contributed by atoms with van der Waals surface area (Å²) in [5, 5.41) is 15.8. The Bertz CT molecular complexity index is 1360. The fourth-order valence-corrected chi connectivity index (χ4v) is 7.49. The number of ether oxygens (including phenoxy) is 1.